The fraction of sp³-hybridized carbons (Fsp3) is 0.381. The number of aryl methyl sites for hydroxylation is 2. The Balaban J connectivity index is 2.10. The molecule has 0 saturated heterocycles. The van der Waals surface area contributed by atoms with E-state index in [-0.39, 0.29) is 18.1 Å². The molecule has 8 heteroatoms. The quantitative estimate of drug-likeness (QED) is 0.302. The summed E-state index contributed by atoms with van der Waals surface area (Å²) in [6.45, 7) is 3.42. The second kappa shape index (κ2) is 11.3. The van der Waals surface area contributed by atoms with Crippen LogP contribution in [0.15, 0.2) is 59.5 Å². The van der Waals surface area contributed by atoms with E-state index in [0.717, 1.165) is 11.1 Å². The van der Waals surface area contributed by atoms with E-state index in [1.165, 1.54) is 12.1 Å². The van der Waals surface area contributed by atoms with E-state index in [0.29, 0.717) is 12.8 Å². The predicted octanol–water partition coefficient (Wildman–Crippen LogP) is 3.64. The van der Waals surface area contributed by atoms with Crippen LogP contribution in [-0.2, 0) is 34.8 Å². The maximum Gasteiger partial charge on any atom is 0.309 e. The number of hydrogen-bond acceptors (Lipinski definition) is 6. The molecule has 0 bridgehead atoms. The minimum atomic E-state index is -4.00. The molecule has 0 aliphatic carbocycles. The Bertz CT molecular complexity index is 897. The van der Waals surface area contributed by atoms with Crippen LogP contribution in [0.1, 0.15) is 24.5 Å². The van der Waals surface area contributed by atoms with E-state index in [9.17, 15) is 17.8 Å². The summed E-state index contributed by atoms with van der Waals surface area (Å²) in [6.07, 6.45) is 0.988. The summed E-state index contributed by atoms with van der Waals surface area (Å²) in [6, 6.07) is 15.9. The van der Waals surface area contributed by atoms with E-state index in [1.807, 2.05) is 37.3 Å². The van der Waals surface area contributed by atoms with Gasteiger partial charge in [-0.2, -0.15) is 8.42 Å². The molecule has 3 atom stereocenters. The average molecular weight is 438 g/mol. The first-order valence-electron chi connectivity index (χ1n) is 9.49. The fourth-order valence-corrected chi connectivity index (χ4v) is 4.71. The molecule has 158 valence electrons. The molecule has 0 radical (unpaired) electrons. The minimum absolute atomic E-state index is 0.0275. The normalized spacial score (nSPS) is 14.0. The Labute approximate surface area is 173 Å². The zero-order valence-electron chi connectivity index (χ0n) is 16.6. The van der Waals surface area contributed by atoms with Crippen LogP contribution in [0.25, 0.3) is 0 Å². The van der Waals surface area contributed by atoms with Crippen LogP contribution in [-0.4, -0.2) is 33.3 Å². The molecule has 0 aliphatic rings. The molecule has 0 heterocycles. The third-order valence-electron chi connectivity index (χ3n) is 4.59. The van der Waals surface area contributed by atoms with Crippen LogP contribution >= 0.6 is 8.46 Å². The Kier molecular flexibility index (Phi) is 9.08. The monoisotopic (exact) mass is 438 g/mol. The summed E-state index contributed by atoms with van der Waals surface area (Å²) in [5.74, 6) is -1.18. The molecule has 0 saturated carbocycles. The highest BCUT2D eigenvalue weighted by atomic mass is 32.2. The van der Waals surface area contributed by atoms with Crippen molar-refractivity contribution in [2.75, 3.05) is 13.2 Å². The van der Waals surface area contributed by atoms with Gasteiger partial charge in [-0.25, -0.2) is 0 Å². The molecular weight excluding hydrogens is 411 g/mol. The third-order valence-corrected chi connectivity index (χ3v) is 6.90. The van der Waals surface area contributed by atoms with Gasteiger partial charge in [0.25, 0.3) is 10.1 Å². The van der Waals surface area contributed by atoms with Crippen molar-refractivity contribution in [3.63, 3.8) is 0 Å². The van der Waals surface area contributed by atoms with Crippen molar-refractivity contribution < 1.29 is 26.7 Å². The van der Waals surface area contributed by atoms with Gasteiger partial charge in [-0.15, -0.1) is 0 Å². The van der Waals surface area contributed by atoms with E-state index in [4.69, 9.17) is 8.92 Å². The molecule has 2 rings (SSSR count). The number of carbonyl (C=O) groups excluding carboxylic acids is 1. The standard InChI is InChI=1S/C21H27O6PS/c1-3-26-21(22)19(14-11-17-7-5-4-6-8-17)20(28-23)15-27-29(24,25)18-12-9-16(2)10-13-18/h4-10,12-13,19-20H,3,11,14-15,28H2,1-2H3. The SMILES string of the molecule is CCOC(=O)C(CCc1ccccc1)C(COS(=O)(=O)c1ccc(C)cc1)[PH2]=O. The second-order valence-electron chi connectivity index (χ2n) is 6.73. The molecule has 6 nitrogen and oxygen atoms in total. The largest absolute Gasteiger partial charge is 0.466 e. The van der Waals surface area contributed by atoms with Crippen LogP contribution in [0, 0.1) is 12.8 Å². The van der Waals surface area contributed by atoms with Crippen molar-refractivity contribution in [2.24, 2.45) is 5.92 Å². The molecule has 0 fully saturated rings. The molecule has 2 aromatic carbocycles. The third kappa shape index (κ3) is 7.11. The van der Waals surface area contributed by atoms with Crippen LogP contribution in [0.5, 0.6) is 0 Å². The molecular formula is C21H27O6PS. The summed E-state index contributed by atoms with van der Waals surface area (Å²) in [5, 5.41) is 0. The zero-order valence-corrected chi connectivity index (χ0v) is 18.6. The van der Waals surface area contributed by atoms with Crippen molar-refractivity contribution in [3.05, 3.63) is 65.7 Å². The van der Waals surface area contributed by atoms with Crippen molar-refractivity contribution in [1.82, 2.24) is 0 Å². The van der Waals surface area contributed by atoms with Gasteiger partial charge in [-0.1, -0.05) is 48.0 Å². The summed E-state index contributed by atoms with van der Waals surface area (Å²) >= 11 is 0. The van der Waals surface area contributed by atoms with Gasteiger partial charge in [0.2, 0.25) is 0 Å². The van der Waals surface area contributed by atoms with E-state index in [1.54, 1.807) is 19.1 Å². The topological polar surface area (TPSA) is 86.7 Å². The van der Waals surface area contributed by atoms with E-state index >= 15 is 0 Å². The lowest BCUT2D eigenvalue weighted by Gasteiger charge is -2.21. The molecule has 2 aromatic rings. The van der Waals surface area contributed by atoms with Gasteiger partial charge in [-0.3, -0.25) is 8.98 Å². The first kappa shape index (κ1) is 23.3. The lowest BCUT2D eigenvalue weighted by Crippen LogP contribution is -2.31. The van der Waals surface area contributed by atoms with Gasteiger partial charge in [0.05, 0.1) is 32.5 Å². The summed E-state index contributed by atoms with van der Waals surface area (Å²) in [4.78, 5) is 12.5. The first-order chi connectivity index (χ1) is 13.9. The van der Waals surface area contributed by atoms with E-state index < -0.39 is 36.1 Å². The molecule has 0 aromatic heterocycles. The minimum Gasteiger partial charge on any atom is -0.466 e. The number of hydrogen-bond donors (Lipinski definition) is 0. The highest BCUT2D eigenvalue weighted by molar-refractivity contribution is 7.86. The Hall–Kier alpha value is -1.95. The van der Waals surface area contributed by atoms with Crippen LogP contribution in [0.3, 0.4) is 0 Å². The summed E-state index contributed by atoms with van der Waals surface area (Å²) in [7, 11) is -5.44. The summed E-state index contributed by atoms with van der Waals surface area (Å²) in [5.41, 5.74) is 1.24. The van der Waals surface area contributed by atoms with Crippen LogP contribution < -0.4 is 0 Å². The second-order valence-corrected chi connectivity index (χ2v) is 9.48. The Morgan fingerprint density at radius 3 is 2.31 bits per heavy atom. The molecule has 0 N–H and O–H groups in total. The van der Waals surface area contributed by atoms with Crippen molar-refractivity contribution in [2.45, 2.75) is 37.2 Å². The van der Waals surface area contributed by atoms with Crippen LogP contribution in [0.4, 0.5) is 0 Å². The van der Waals surface area contributed by atoms with Crippen molar-refractivity contribution >= 4 is 24.5 Å². The lowest BCUT2D eigenvalue weighted by atomic mass is 9.96. The molecule has 3 unspecified atom stereocenters. The van der Waals surface area contributed by atoms with Gasteiger partial charge in [-0.05, 0) is 44.4 Å². The molecule has 0 spiro atoms. The van der Waals surface area contributed by atoms with Crippen molar-refractivity contribution in [3.8, 4) is 0 Å². The van der Waals surface area contributed by atoms with Gasteiger partial charge in [0, 0.05) is 5.66 Å². The van der Waals surface area contributed by atoms with Gasteiger partial charge in [0.1, 0.15) is 0 Å². The number of carbonyl (C=O) groups is 1. The highest BCUT2D eigenvalue weighted by Crippen LogP contribution is 2.26. The maximum atomic E-state index is 12.4. The van der Waals surface area contributed by atoms with Crippen LogP contribution in [0.2, 0.25) is 0 Å². The Morgan fingerprint density at radius 2 is 1.72 bits per heavy atom. The number of benzene rings is 2. The highest BCUT2D eigenvalue weighted by Gasteiger charge is 2.31. The van der Waals surface area contributed by atoms with Gasteiger partial charge < -0.3 is 9.30 Å². The smallest absolute Gasteiger partial charge is 0.309 e. The maximum absolute atomic E-state index is 12.4. The first-order valence-corrected chi connectivity index (χ1v) is 12.0. The number of rotatable bonds is 11. The van der Waals surface area contributed by atoms with Gasteiger partial charge in [0.15, 0.2) is 0 Å². The Morgan fingerprint density at radius 1 is 1.07 bits per heavy atom. The summed E-state index contributed by atoms with van der Waals surface area (Å²) < 4.78 is 47.0. The zero-order chi connectivity index (χ0) is 21.3. The fourth-order valence-electron chi connectivity index (χ4n) is 2.91. The predicted molar refractivity (Wildman–Crippen MR) is 113 cm³/mol. The molecule has 29 heavy (non-hydrogen) atoms. The lowest BCUT2D eigenvalue weighted by molar-refractivity contribution is -0.148. The number of ether oxygens (including phenoxy) is 1. The van der Waals surface area contributed by atoms with Gasteiger partial charge >= 0.3 is 5.97 Å². The van der Waals surface area contributed by atoms with E-state index in [2.05, 4.69) is 0 Å². The molecule has 0 aliphatic heterocycles. The number of esters is 1. The molecule has 0 amide bonds. The average Bonchev–Trinajstić information content (AvgIpc) is 2.71. The van der Waals surface area contributed by atoms with Crippen molar-refractivity contribution in [1.29, 1.82) is 0 Å².